The fourth-order valence-electron chi connectivity index (χ4n) is 3.11. The highest BCUT2D eigenvalue weighted by Gasteiger charge is 2.15. The second kappa shape index (κ2) is 8.74. The first-order valence-corrected chi connectivity index (χ1v) is 8.74. The van der Waals surface area contributed by atoms with E-state index in [-0.39, 0.29) is 0 Å². The molecule has 0 amide bonds. The van der Waals surface area contributed by atoms with E-state index in [9.17, 15) is 0 Å². The molecule has 0 heterocycles. The summed E-state index contributed by atoms with van der Waals surface area (Å²) in [6, 6.07) is 12.8. The Hall–Kier alpha value is -2.00. The van der Waals surface area contributed by atoms with Crippen molar-refractivity contribution in [1.29, 1.82) is 0 Å². The lowest BCUT2D eigenvalue weighted by Crippen LogP contribution is -2.16. The van der Waals surface area contributed by atoms with Gasteiger partial charge in [0, 0.05) is 5.92 Å². The number of ether oxygens (including phenoxy) is 2. The number of nitrogens with two attached hydrogens (primary N) is 1. The molecule has 0 bridgehead atoms. The molecule has 130 valence electrons. The summed E-state index contributed by atoms with van der Waals surface area (Å²) in [4.78, 5) is 0. The molecule has 0 aliphatic rings. The van der Waals surface area contributed by atoms with E-state index in [4.69, 9.17) is 15.2 Å². The number of rotatable bonds is 8. The van der Waals surface area contributed by atoms with Crippen LogP contribution in [0.5, 0.6) is 11.5 Å². The molecule has 1 atom stereocenters. The highest BCUT2D eigenvalue weighted by Crippen LogP contribution is 2.31. The molecular weight excluding hydrogens is 298 g/mol. The molecule has 3 nitrogen and oxygen atoms in total. The van der Waals surface area contributed by atoms with Crippen LogP contribution in [0.25, 0.3) is 0 Å². The van der Waals surface area contributed by atoms with Crippen molar-refractivity contribution in [2.75, 3.05) is 19.8 Å². The molecule has 0 saturated heterocycles. The van der Waals surface area contributed by atoms with Gasteiger partial charge in [-0.05, 0) is 69.5 Å². The van der Waals surface area contributed by atoms with E-state index in [0.29, 0.717) is 25.7 Å². The van der Waals surface area contributed by atoms with Crippen molar-refractivity contribution in [3.8, 4) is 11.5 Å². The highest BCUT2D eigenvalue weighted by atomic mass is 16.5. The Bertz CT molecular complexity index is 667. The summed E-state index contributed by atoms with van der Waals surface area (Å²) < 4.78 is 11.4. The summed E-state index contributed by atoms with van der Waals surface area (Å²) in [6.07, 6.45) is 0.896. The summed E-state index contributed by atoms with van der Waals surface area (Å²) in [6.45, 7) is 10.1. The van der Waals surface area contributed by atoms with Gasteiger partial charge in [0.2, 0.25) is 0 Å². The first kappa shape index (κ1) is 18.3. The predicted octanol–water partition coefficient (Wildman–Crippen LogP) is 4.39. The van der Waals surface area contributed by atoms with Crippen molar-refractivity contribution < 1.29 is 9.47 Å². The van der Waals surface area contributed by atoms with Gasteiger partial charge in [-0.25, -0.2) is 0 Å². The minimum Gasteiger partial charge on any atom is -0.490 e. The Balaban J connectivity index is 2.25. The van der Waals surface area contributed by atoms with Crippen LogP contribution in [-0.2, 0) is 6.42 Å². The zero-order valence-corrected chi connectivity index (χ0v) is 15.3. The van der Waals surface area contributed by atoms with Crippen LogP contribution >= 0.6 is 0 Å². The molecule has 2 aromatic carbocycles. The maximum absolute atomic E-state index is 6.08. The van der Waals surface area contributed by atoms with Gasteiger partial charge in [-0.2, -0.15) is 0 Å². The third-order valence-corrected chi connectivity index (χ3v) is 4.24. The lowest BCUT2D eigenvalue weighted by atomic mass is 9.88. The third kappa shape index (κ3) is 4.51. The highest BCUT2D eigenvalue weighted by molar-refractivity contribution is 5.44. The lowest BCUT2D eigenvalue weighted by molar-refractivity contribution is 0.287. The van der Waals surface area contributed by atoms with E-state index in [1.54, 1.807) is 0 Å². The predicted molar refractivity (Wildman–Crippen MR) is 100 cm³/mol. The monoisotopic (exact) mass is 327 g/mol. The molecule has 24 heavy (non-hydrogen) atoms. The van der Waals surface area contributed by atoms with Gasteiger partial charge in [-0.15, -0.1) is 0 Å². The van der Waals surface area contributed by atoms with Gasteiger partial charge in [0.1, 0.15) is 0 Å². The number of hydrogen-bond donors (Lipinski definition) is 1. The molecule has 3 heteroatoms. The molecular formula is C21H29NO2. The van der Waals surface area contributed by atoms with Crippen molar-refractivity contribution in [2.45, 2.75) is 40.0 Å². The molecule has 1 unspecified atom stereocenters. The zero-order valence-electron chi connectivity index (χ0n) is 15.3. The van der Waals surface area contributed by atoms with Crippen molar-refractivity contribution in [2.24, 2.45) is 5.73 Å². The van der Waals surface area contributed by atoms with Gasteiger partial charge in [0.15, 0.2) is 11.5 Å². The van der Waals surface area contributed by atoms with E-state index in [1.165, 1.54) is 22.3 Å². The van der Waals surface area contributed by atoms with Crippen molar-refractivity contribution in [3.05, 3.63) is 58.7 Å². The van der Waals surface area contributed by atoms with E-state index >= 15 is 0 Å². The largest absolute Gasteiger partial charge is 0.490 e. The Kier molecular flexibility index (Phi) is 6.68. The van der Waals surface area contributed by atoms with Crippen LogP contribution in [0.1, 0.15) is 42.0 Å². The van der Waals surface area contributed by atoms with Gasteiger partial charge in [-0.3, -0.25) is 0 Å². The number of benzene rings is 2. The minimum absolute atomic E-state index is 0.304. The Morgan fingerprint density at radius 2 is 1.62 bits per heavy atom. The van der Waals surface area contributed by atoms with Crippen LogP contribution in [-0.4, -0.2) is 19.8 Å². The second-order valence-electron chi connectivity index (χ2n) is 6.14. The smallest absolute Gasteiger partial charge is 0.161 e. The molecule has 2 rings (SSSR count). The van der Waals surface area contributed by atoms with E-state index in [1.807, 2.05) is 19.9 Å². The van der Waals surface area contributed by atoms with Crippen LogP contribution in [0.15, 0.2) is 36.4 Å². The lowest BCUT2D eigenvalue weighted by Gasteiger charge is -2.19. The van der Waals surface area contributed by atoms with Crippen molar-refractivity contribution in [3.63, 3.8) is 0 Å². The summed E-state index contributed by atoms with van der Waals surface area (Å²) in [5.74, 6) is 1.92. The molecule has 0 saturated carbocycles. The third-order valence-electron chi connectivity index (χ3n) is 4.24. The molecule has 2 aromatic rings. The second-order valence-corrected chi connectivity index (χ2v) is 6.14. The van der Waals surface area contributed by atoms with Crippen molar-refractivity contribution in [1.82, 2.24) is 0 Å². The Labute approximate surface area is 145 Å². The SMILES string of the molecule is CCOc1ccc(CC(CN)c2ccc(C)cc2C)cc1OCC. The van der Waals surface area contributed by atoms with Crippen LogP contribution < -0.4 is 15.2 Å². The Morgan fingerprint density at radius 3 is 2.25 bits per heavy atom. The normalized spacial score (nSPS) is 12.0. The van der Waals surface area contributed by atoms with Gasteiger partial charge >= 0.3 is 0 Å². The topological polar surface area (TPSA) is 44.5 Å². The summed E-state index contributed by atoms with van der Waals surface area (Å²) >= 11 is 0. The first-order valence-electron chi connectivity index (χ1n) is 8.74. The fraction of sp³-hybridized carbons (Fsp3) is 0.429. The van der Waals surface area contributed by atoms with Crippen molar-refractivity contribution >= 4 is 0 Å². The van der Waals surface area contributed by atoms with Crippen LogP contribution in [0.3, 0.4) is 0 Å². The fourth-order valence-corrected chi connectivity index (χ4v) is 3.11. The van der Waals surface area contributed by atoms with E-state index < -0.39 is 0 Å². The van der Waals surface area contributed by atoms with E-state index in [0.717, 1.165) is 17.9 Å². The maximum atomic E-state index is 6.08. The molecule has 0 spiro atoms. The van der Waals surface area contributed by atoms with Gasteiger partial charge < -0.3 is 15.2 Å². The average molecular weight is 327 g/mol. The summed E-state index contributed by atoms with van der Waals surface area (Å²) in [5, 5.41) is 0. The molecule has 2 N–H and O–H groups in total. The minimum atomic E-state index is 0.304. The molecule has 0 aliphatic carbocycles. The quantitative estimate of drug-likeness (QED) is 0.782. The van der Waals surface area contributed by atoms with Crippen LogP contribution in [0.4, 0.5) is 0 Å². The Morgan fingerprint density at radius 1 is 0.917 bits per heavy atom. The number of aryl methyl sites for hydroxylation is 2. The molecule has 0 fully saturated rings. The van der Waals surface area contributed by atoms with Gasteiger partial charge in [0.25, 0.3) is 0 Å². The molecule has 0 aromatic heterocycles. The van der Waals surface area contributed by atoms with Gasteiger partial charge in [-0.1, -0.05) is 29.8 Å². The number of hydrogen-bond acceptors (Lipinski definition) is 3. The standard InChI is InChI=1S/C21H29NO2/c1-5-23-20-10-8-17(13-21(20)24-6-2)12-18(14-22)19-9-7-15(3)11-16(19)4/h7-11,13,18H,5-6,12,14,22H2,1-4H3. The van der Waals surface area contributed by atoms with Gasteiger partial charge in [0.05, 0.1) is 13.2 Å². The molecule has 0 radical (unpaired) electrons. The zero-order chi connectivity index (χ0) is 17.5. The average Bonchev–Trinajstić information content (AvgIpc) is 2.56. The molecule has 0 aliphatic heterocycles. The maximum Gasteiger partial charge on any atom is 0.161 e. The van der Waals surface area contributed by atoms with Crippen LogP contribution in [0.2, 0.25) is 0 Å². The van der Waals surface area contributed by atoms with Crippen LogP contribution in [0, 0.1) is 13.8 Å². The first-order chi connectivity index (χ1) is 11.6. The van der Waals surface area contributed by atoms with E-state index in [2.05, 4.69) is 44.2 Å². The summed E-state index contributed by atoms with van der Waals surface area (Å²) in [7, 11) is 0. The summed E-state index contributed by atoms with van der Waals surface area (Å²) in [5.41, 5.74) is 11.2.